The molecule has 0 amide bonds. The van der Waals surface area contributed by atoms with Crippen molar-refractivity contribution >= 4 is 22.8 Å². The summed E-state index contributed by atoms with van der Waals surface area (Å²) in [5, 5.41) is 0.566. The van der Waals surface area contributed by atoms with Gasteiger partial charge in [-0.25, -0.2) is 14.3 Å². The second-order valence-electron chi connectivity index (χ2n) is 5.00. The fraction of sp³-hybridized carbons (Fsp3) is 0.188. The van der Waals surface area contributed by atoms with Crippen LogP contribution in [0.4, 0.5) is 0 Å². The number of aryl methyl sites for hydroxylation is 1. The van der Waals surface area contributed by atoms with Crippen molar-refractivity contribution in [3.8, 4) is 5.69 Å². The van der Waals surface area contributed by atoms with Crippen LogP contribution in [-0.2, 0) is 13.1 Å². The van der Waals surface area contributed by atoms with E-state index in [1.807, 2.05) is 6.92 Å². The van der Waals surface area contributed by atoms with Crippen molar-refractivity contribution < 1.29 is 0 Å². The minimum absolute atomic E-state index is 0.135. The number of allylic oxidation sites excluding steroid dienone is 1. The summed E-state index contributed by atoms with van der Waals surface area (Å²) in [4.78, 5) is 29.7. The lowest BCUT2D eigenvalue weighted by molar-refractivity contribution is 0.687. The van der Waals surface area contributed by atoms with Crippen LogP contribution in [0, 0.1) is 0 Å². The van der Waals surface area contributed by atoms with Crippen LogP contribution in [0.5, 0.6) is 0 Å². The fourth-order valence-corrected chi connectivity index (χ4v) is 2.66. The van der Waals surface area contributed by atoms with Gasteiger partial charge in [-0.15, -0.1) is 6.58 Å². The minimum Gasteiger partial charge on any atom is -0.325 e. The van der Waals surface area contributed by atoms with E-state index in [0.29, 0.717) is 28.4 Å². The van der Waals surface area contributed by atoms with Gasteiger partial charge < -0.3 is 4.57 Å². The maximum Gasteiger partial charge on any atom is 0.337 e. The van der Waals surface area contributed by atoms with Gasteiger partial charge in [0, 0.05) is 18.1 Å². The van der Waals surface area contributed by atoms with Crippen LogP contribution >= 0.6 is 11.6 Å². The summed E-state index contributed by atoms with van der Waals surface area (Å²) in [6.45, 7) is 6.24. The van der Waals surface area contributed by atoms with E-state index in [4.69, 9.17) is 11.6 Å². The van der Waals surface area contributed by atoms with Crippen LogP contribution in [0.15, 0.2) is 52.8 Å². The molecule has 0 spiro atoms. The molecule has 6 nitrogen and oxygen atoms in total. The molecule has 0 aliphatic rings. The smallest absolute Gasteiger partial charge is 0.325 e. The molecule has 0 saturated carbocycles. The number of hydrogen-bond acceptors (Lipinski definition) is 3. The Morgan fingerprint density at radius 1 is 1.26 bits per heavy atom. The fourth-order valence-electron chi connectivity index (χ4n) is 2.53. The Morgan fingerprint density at radius 2 is 1.96 bits per heavy atom. The molecule has 23 heavy (non-hydrogen) atoms. The first-order chi connectivity index (χ1) is 11.1. The summed E-state index contributed by atoms with van der Waals surface area (Å²) in [5.74, 6) is 0. The summed E-state index contributed by atoms with van der Waals surface area (Å²) in [5.41, 5.74) is 0.512. The Morgan fingerprint density at radius 3 is 2.57 bits per heavy atom. The lowest BCUT2D eigenvalue weighted by atomic mass is 10.3. The first-order valence-electron chi connectivity index (χ1n) is 7.16. The van der Waals surface area contributed by atoms with Crippen LogP contribution in [0.25, 0.3) is 16.9 Å². The first-order valence-corrected chi connectivity index (χ1v) is 7.53. The highest BCUT2D eigenvalue weighted by molar-refractivity contribution is 6.30. The maximum absolute atomic E-state index is 12.8. The maximum atomic E-state index is 12.8. The van der Waals surface area contributed by atoms with Crippen molar-refractivity contribution in [2.45, 2.75) is 20.0 Å². The van der Waals surface area contributed by atoms with Crippen molar-refractivity contribution in [2.75, 3.05) is 0 Å². The second kappa shape index (κ2) is 5.89. The molecule has 0 radical (unpaired) electrons. The predicted octanol–water partition coefficient (Wildman–Crippen LogP) is 2.21. The van der Waals surface area contributed by atoms with Gasteiger partial charge in [0.05, 0.1) is 12.0 Å². The first kappa shape index (κ1) is 15.3. The molecule has 0 aliphatic heterocycles. The Bertz CT molecular complexity index is 996. The third-order valence-corrected chi connectivity index (χ3v) is 3.89. The van der Waals surface area contributed by atoms with E-state index >= 15 is 0 Å². The Kier molecular flexibility index (Phi) is 3.92. The average molecular weight is 331 g/mol. The van der Waals surface area contributed by atoms with Gasteiger partial charge in [-0.2, -0.15) is 0 Å². The van der Waals surface area contributed by atoms with Gasteiger partial charge in [-0.1, -0.05) is 17.7 Å². The molecular weight excluding hydrogens is 316 g/mol. The molecule has 118 valence electrons. The number of hydrogen-bond donors (Lipinski definition) is 0. The zero-order chi connectivity index (χ0) is 16.6. The molecule has 2 aromatic heterocycles. The zero-order valence-electron chi connectivity index (χ0n) is 12.6. The Hall–Kier alpha value is -2.60. The quantitative estimate of drug-likeness (QED) is 0.689. The van der Waals surface area contributed by atoms with Gasteiger partial charge in [0.2, 0.25) is 0 Å². The highest BCUT2D eigenvalue weighted by Crippen LogP contribution is 2.16. The summed E-state index contributed by atoms with van der Waals surface area (Å²) >= 11 is 5.91. The third-order valence-electron chi connectivity index (χ3n) is 3.64. The topological polar surface area (TPSA) is 61.8 Å². The molecule has 0 saturated heterocycles. The predicted molar refractivity (Wildman–Crippen MR) is 90.5 cm³/mol. The Labute approximate surface area is 136 Å². The van der Waals surface area contributed by atoms with Gasteiger partial charge in [0.25, 0.3) is 5.56 Å². The third kappa shape index (κ3) is 2.41. The van der Waals surface area contributed by atoms with Gasteiger partial charge in [-0.05, 0) is 31.2 Å². The molecule has 3 aromatic rings. The summed E-state index contributed by atoms with van der Waals surface area (Å²) < 4.78 is 4.30. The average Bonchev–Trinajstić information content (AvgIpc) is 2.97. The van der Waals surface area contributed by atoms with Crippen molar-refractivity contribution in [2.24, 2.45) is 0 Å². The van der Waals surface area contributed by atoms with E-state index < -0.39 is 5.69 Å². The van der Waals surface area contributed by atoms with Crippen LogP contribution in [0.2, 0.25) is 5.02 Å². The second-order valence-corrected chi connectivity index (χ2v) is 5.44. The van der Waals surface area contributed by atoms with Crippen molar-refractivity contribution in [1.29, 1.82) is 0 Å². The zero-order valence-corrected chi connectivity index (χ0v) is 13.3. The van der Waals surface area contributed by atoms with Gasteiger partial charge in [0.1, 0.15) is 0 Å². The van der Waals surface area contributed by atoms with Gasteiger partial charge >= 0.3 is 5.69 Å². The molecule has 0 fully saturated rings. The monoisotopic (exact) mass is 330 g/mol. The van der Waals surface area contributed by atoms with Crippen LogP contribution in [0.3, 0.4) is 0 Å². The molecule has 0 N–H and O–H groups in total. The van der Waals surface area contributed by atoms with Crippen LogP contribution in [0.1, 0.15) is 6.92 Å². The summed E-state index contributed by atoms with van der Waals surface area (Å²) in [6, 6.07) is 6.82. The standard InChI is InChI=1S/C16H15ClN4O2/c1-3-9-20-15(22)13-14(18-10-19(13)4-2)21(16(20)23)12-7-5-11(17)6-8-12/h3,5-8,10H,1,4,9H2,2H3. The van der Waals surface area contributed by atoms with Gasteiger partial charge in [0.15, 0.2) is 11.2 Å². The molecule has 1 aromatic carbocycles. The molecular formula is C16H15ClN4O2. The van der Waals surface area contributed by atoms with E-state index in [0.717, 1.165) is 4.57 Å². The number of fused-ring (bicyclic) bond motifs is 1. The summed E-state index contributed by atoms with van der Waals surface area (Å²) in [6.07, 6.45) is 3.09. The highest BCUT2D eigenvalue weighted by Gasteiger charge is 2.18. The molecule has 7 heteroatoms. The van der Waals surface area contributed by atoms with E-state index in [2.05, 4.69) is 11.6 Å². The normalized spacial score (nSPS) is 11.0. The highest BCUT2D eigenvalue weighted by atomic mass is 35.5. The number of halogens is 1. The van der Waals surface area contributed by atoms with Crippen molar-refractivity contribution in [3.63, 3.8) is 0 Å². The molecule has 0 atom stereocenters. The van der Waals surface area contributed by atoms with Crippen molar-refractivity contribution in [1.82, 2.24) is 18.7 Å². The largest absolute Gasteiger partial charge is 0.337 e. The van der Waals surface area contributed by atoms with E-state index in [1.165, 1.54) is 10.6 Å². The number of nitrogens with zero attached hydrogens (tertiary/aromatic N) is 4. The number of rotatable bonds is 4. The van der Waals surface area contributed by atoms with E-state index in [1.54, 1.807) is 35.2 Å². The molecule has 0 aliphatic carbocycles. The van der Waals surface area contributed by atoms with E-state index in [-0.39, 0.29) is 12.1 Å². The van der Waals surface area contributed by atoms with Crippen molar-refractivity contribution in [3.05, 3.63) is 69.1 Å². The lowest BCUT2D eigenvalue weighted by Gasteiger charge is -2.11. The van der Waals surface area contributed by atoms with E-state index in [9.17, 15) is 9.59 Å². The Balaban J connectivity index is 2.47. The van der Waals surface area contributed by atoms with Crippen LogP contribution < -0.4 is 11.2 Å². The minimum atomic E-state index is -0.453. The molecule has 3 rings (SSSR count). The molecule has 2 heterocycles. The summed E-state index contributed by atoms with van der Waals surface area (Å²) in [7, 11) is 0. The van der Waals surface area contributed by atoms with Gasteiger partial charge in [-0.3, -0.25) is 9.36 Å². The number of benzene rings is 1. The van der Waals surface area contributed by atoms with Crippen LogP contribution in [-0.4, -0.2) is 18.7 Å². The number of imidazole rings is 1. The lowest BCUT2D eigenvalue weighted by Crippen LogP contribution is -2.39. The number of aromatic nitrogens is 4. The SMILES string of the molecule is C=CCn1c(=O)c2c(ncn2CC)n(-c2ccc(Cl)cc2)c1=O. The molecule has 0 unspecified atom stereocenters. The molecule has 0 bridgehead atoms.